The molecule has 2 aromatic rings. The highest BCUT2D eigenvalue weighted by molar-refractivity contribution is 6.00. The zero-order chi connectivity index (χ0) is 27.9. The van der Waals surface area contributed by atoms with Crippen LogP contribution in [0.25, 0.3) is 0 Å². The summed E-state index contributed by atoms with van der Waals surface area (Å²) in [7, 11) is 0. The molecule has 0 saturated heterocycles. The number of likely N-dealkylation sites (N-methyl/N-ethyl adjacent to an activating group) is 1. The van der Waals surface area contributed by atoms with Crippen molar-refractivity contribution in [2.24, 2.45) is 5.92 Å². The van der Waals surface area contributed by atoms with Gasteiger partial charge in [-0.05, 0) is 76.3 Å². The molecule has 0 spiro atoms. The Labute approximate surface area is 220 Å². The number of hydrogen-bond acceptors (Lipinski definition) is 5. The quantitative estimate of drug-likeness (QED) is 0.413. The molecule has 3 atom stereocenters. The number of benzene rings is 2. The number of para-hydroxylation sites is 1. The molecule has 2 aromatic carbocycles. The second-order valence-corrected chi connectivity index (χ2v) is 10.4. The van der Waals surface area contributed by atoms with Crippen LogP contribution in [0.4, 0.5) is 10.5 Å². The number of rotatable bonds is 9. The topological polar surface area (TPSA) is 108 Å². The normalized spacial score (nSPS) is 13.7. The molecule has 3 amide bonds. The van der Waals surface area contributed by atoms with Crippen molar-refractivity contribution in [1.29, 1.82) is 0 Å². The van der Waals surface area contributed by atoms with Crippen molar-refractivity contribution in [3.8, 4) is 5.75 Å². The van der Waals surface area contributed by atoms with Gasteiger partial charge in [-0.15, -0.1) is 0 Å². The van der Waals surface area contributed by atoms with Crippen LogP contribution in [-0.2, 0) is 14.3 Å². The predicted molar refractivity (Wildman–Crippen MR) is 145 cm³/mol. The summed E-state index contributed by atoms with van der Waals surface area (Å²) in [4.78, 5) is 41.8. The number of aromatic hydroxyl groups is 1. The molecular formula is C29H41N3O5. The van der Waals surface area contributed by atoms with E-state index in [2.05, 4.69) is 10.6 Å². The Morgan fingerprint density at radius 1 is 1.03 bits per heavy atom. The summed E-state index contributed by atoms with van der Waals surface area (Å²) >= 11 is 0. The van der Waals surface area contributed by atoms with Crippen molar-refractivity contribution in [1.82, 2.24) is 10.2 Å². The average molecular weight is 512 g/mol. The number of nitrogens with one attached hydrogen (secondary N) is 2. The largest absolute Gasteiger partial charge is 0.508 e. The zero-order valence-electron chi connectivity index (χ0n) is 23.2. The van der Waals surface area contributed by atoms with Crippen molar-refractivity contribution >= 4 is 23.6 Å². The van der Waals surface area contributed by atoms with E-state index < -0.39 is 35.6 Å². The van der Waals surface area contributed by atoms with Gasteiger partial charge in [0.25, 0.3) is 5.91 Å². The lowest BCUT2D eigenvalue weighted by Crippen LogP contribution is -2.54. The van der Waals surface area contributed by atoms with Crippen LogP contribution in [0.3, 0.4) is 0 Å². The highest BCUT2D eigenvalue weighted by atomic mass is 16.6. The molecule has 0 fully saturated rings. The van der Waals surface area contributed by atoms with Gasteiger partial charge in [-0.2, -0.15) is 0 Å². The third-order valence-electron chi connectivity index (χ3n) is 6.25. The Morgan fingerprint density at radius 3 is 2.14 bits per heavy atom. The molecule has 0 aromatic heterocycles. The lowest BCUT2D eigenvalue weighted by molar-refractivity contribution is -0.141. The summed E-state index contributed by atoms with van der Waals surface area (Å²) in [6.45, 7) is 14.8. The van der Waals surface area contributed by atoms with Gasteiger partial charge in [0.15, 0.2) is 0 Å². The van der Waals surface area contributed by atoms with Gasteiger partial charge in [-0.1, -0.05) is 50.6 Å². The molecule has 8 heteroatoms. The standard InChI is InChI=1S/C29H41N3O5/c1-9-18(3)24(31-28(36)37-29(6,7)8)27(35)32(10-2)25(21-15-12-16-22(33)17-21)26(34)30-23-19(4)13-11-14-20(23)5/h11-18,24-25,33H,9-10H2,1-8H3,(H,30,34)(H,31,36). The Balaban J connectivity index is 2.51. The van der Waals surface area contributed by atoms with Crippen LogP contribution in [-0.4, -0.2) is 46.1 Å². The molecule has 202 valence electrons. The van der Waals surface area contributed by atoms with Crippen molar-refractivity contribution in [3.63, 3.8) is 0 Å². The van der Waals surface area contributed by atoms with Crippen molar-refractivity contribution in [2.45, 2.75) is 79.5 Å². The lowest BCUT2D eigenvalue weighted by Gasteiger charge is -2.35. The molecule has 37 heavy (non-hydrogen) atoms. The van der Waals surface area contributed by atoms with Crippen LogP contribution in [0, 0.1) is 19.8 Å². The molecule has 3 N–H and O–H groups in total. The number of nitrogens with zero attached hydrogens (tertiary/aromatic N) is 1. The van der Waals surface area contributed by atoms with Crippen LogP contribution < -0.4 is 10.6 Å². The smallest absolute Gasteiger partial charge is 0.408 e. The van der Waals surface area contributed by atoms with Crippen molar-refractivity contribution in [3.05, 3.63) is 59.2 Å². The Kier molecular flexibility index (Phi) is 10.1. The van der Waals surface area contributed by atoms with Crippen LogP contribution in [0.2, 0.25) is 0 Å². The third-order valence-corrected chi connectivity index (χ3v) is 6.25. The molecule has 0 aliphatic rings. The van der Waals surface area contributed by atoms with Crippen LogP contribution in [0.15, 0.2) is 42.5 Å². The summed E-state index contributed by atoms with van der Waals surface area (Å²) < 4.78 is 5.41. The fourth-order valence-electron chi connectivity index (χ4n) is 4.13. The van der Waals surface area contributed by atoms with E-state index in [0.29, 0.717) is 17.7 Å². The van der Waals surface area contributed by atoms with Crippen molar-refractivity contribution in [2.75, 3.05) is 11.9 Å². The monoisotopic (exact) mass is 511 g/mol. The van der Waals surface area contributed by atoms with Crippen LogP contribution in [0.5, 0.6) is 5.75 Å². The van der Waals surface area contributed by atoms with E-state index in [-0.39, 0.29) is 18.2 Å². The molecule has 2 rings (SSSR count). The van der Waals surface area contributed by atoms with E-state index in [1.54, 1.807) is 39.8 Å². The first kappa shape index (κ1) is 29.7. The number of carbonyl (C=O) groups excluding carboxylic acids is 3. The average Bonchev–Trinajstić information content (AvgIpc) is 2.81. The van der Waals surface area contributed by atoms with Crippen LogP contribution in [0.1, 0.15) is 70.7 Å². The second-order valence-electron chi connectivity index (χ2n) is 10.4. The molecule has 3 unspecified atom stereocenters. The molecule has 0 heterocycles. The van der Waals surface area contributed by atoms with Gasteiger partial charge in [0.1, 0.15) is 23.4 Å². The highest BCUT2D eigenvalue weighted by Gasteiger charge is 2.37. The minimum Gasteiger partial charge on any atom is -0.508 e. The summed E-state index contributed by atoms with van der Waals surface area (Å²) in [6, 6.07) is 10.1. The highest BCUT2D eigenvalue weighted by Crippen LogP contribution is 2.29. The number of ether oxygens (including phenoxy) is 1. The number of alkyl carbamates (subject to hydrolysis) is 1. The fourth-order valence-corrected chi connectivity index (χ4v) is 4.13. The molecule has 0 bridgehead atoms. The number of anilines is 1. The molecule has 8 nitrogen and oxygen atoms in total. The fraction of sp³-hybridized carbons (Fsp3) is 0.483. The van der Waals surface area contributed by atoms with E-state index in [9.17, 15) is 19.5 Å². The first-order valence-electron chi connectivity index (χ1n) is 12.7. The Hall–Kier alpha value is -3.55. The minimum atomic E-state index is -1.05. The van der Waals surface area contributed by atoms with Gasteiger partial charge in [0, 0.05) is 12.2 Å². The number of phenols is 1. The summed E-state index contributed by atoms with van der Waals surface area (Å²) in [5, 5.41) is 15.9. The second kappa shape index (κ2) is 12.6. The molecule has 0 aliphatic heterocycles. The Bertz CT molecular complexity index is 1090. The zero-order valence-corrected chi connectivity index (χ0v) is 23.2. The SMILES string of the molecule is CCC(C)C(NC(=O)OC(C)(C)C)C(=O)N(CC)C(C(=O)Nc1c(C)cccc1C)c1cccc(O)c1. The van der Waals surface area contributed by atoms with E-state index in [1.165, 1.54) is 17.0 Å². The predicted octanol–water partition coefficient (Wildman–Crippen LogP) is 5.48. The van der Waals surface area contributed by atoms with Crippen molar-refractivity contribution < 1.29 is 24.2 Å². The van der Waals surface area contributed by atoms with Crippen LogP contribution >= 0.6 is 0 Å². The number of aryl methyl sites for hydroxylation is 2. The number of phenolic OH excluding ortho intramolecular Hbond substituents is 1. The number of hydrogen-bond donors (Lipinski definition) is 3. The summed E-state index contributed by atoms with van der Waals surface area (Å²) in [5.74, 6) is -1.07. The van der Waals surface area contributed by atoms with Gasteiger partial charge < -0.3 is 25.4 Å². The number of amides is 3. The first-order chi connectivity index (χ1) is 17.3. The van der Waals surface area contributed by atoms with E-state index in [1.807, 2.05) is 45.9 Å². The summed E-state index contributed by atoms with van der Waals surface area (Å²) in [5.41, 5.74) is 2.18. The molecule has 0 radical (unpaired) electrons. The Morgan fingerprint density at radius 2 is 1.62 bits per heavy atom. The minimum absolute atomic E-state index is 0.0174. The van der Waals surface area contributed by atoms with Gasteiger partial charge >= 0.3 is 6.09 Å². The van der Waals surface area contributed by atoms with Gasteiger partial charge in [-0.25, -0.2) is 4.79 Å². The lowest BCUT2D eigenvalue weighted by atomic mass is 9.95. The van der Waals surface area contributed by atoms with E-state index in [0.717, 1.165) is 11.1 Å². The van der Waals surface area contributed by atoms with Gasteiger partial charge in [0.05, 0.1) is 0 Å². The summed E-state index contributed by atoms with van der Waals surface area (Å²) in [6.07, 6.45) is -0.0779. The molecule has 0 aliphatic carbocycles. The molecular weight excluding hydrogens is 470 g/mol. The third kappa shape index (κ3) is 7.97. The molecule has 0 saturated carbocycles. The van der Waals surface area contributed by atoms with Gasteiger partial charge in [0.2, 0.25) is 5.91 Å². The number of carbonyl (C=O) groups is 3. The maximum absolute atomic E-state index is 14.0. The first-order valence-corrected chi connectivity index (χ1v) is 12.7. The maximum Gasteiger partial charge on any atom is 0.408 e. The van der Waals surface area contributed by atoms with Gasteiger partial charge in [-0.3, -0.25) is 9.59 Å². The maximum atomic E-state index is 14.0. The van der Waals surface area contributed by atoms with E-state index >= 15 is 0 Å². The van der Waals surface area contributed by atoms with E-state index in [4.69, 9.17) is 4.74 Å².